The molecule has 104 valence electrons. The van der Waals surface area contributed by atoms with Crippen LogP contribution in [0.3, 0.4) is 0 Å². The molecular weight excluding hydrogens is 230 g/mol. The predicted octanol–water partition coefficient (Wildman–Crippen LogP) is 2.71. The Labute approximate surface area is 109 Å². The summed E-state index contributed by atoms with van der Waals surface area (Å²) in [5.41, 5.74) is 1.09. The summed E-state index contributed by atoms with van der Waals surface area (Å²) >= 11 is 0. The second-order valence-electron chi connectivity index (χ2n) is 5.02. The topological polar surface area (TPSA) is 68.4 Å². The fraction of sp³-hybridized carbons (Fsp3) is 0.846. The highest BCUT2D eigenvalue weighted by atomic mass is 16.4. The SMILES string of the molecule is CN1CCCCCC(=N\O)/C(=N/O)CCCCC1. The minimum atomic E-state index is 0.546. The van der Waals surface area contributed by atoms with Crippen LogP contribution in [0.4, 0.5) is 0 Å². The van der Waals surface area contributed by atoms with Crippen LogP contribution in [0, 0.1) is 0 Å². The summed E-state index contributed by atoms with van der Waals surface area (Å²) in [7, 11) is 2.17. The van der Waals surface area contributed by atoms with Gasteiger partial charge < -0.3 is 15.3 Å². The molecule has 0 spiro atoms. The molecule has 0 amide bonds. The van der Waals surface area contributed by atoms with Gasteiger partial charge in [0.05, 0.1) is 0 Å². The molecule has 1 aliphatic heterocycles. The van der Waals surface area contributed by atoms with E-state index >= 15 is 0 Å². The predicted molar refractivity (Wildman–Crippen MR) is 72.9 cm³/mol. The summed E-state index contributed by atoms with van der Waals surface area (Å²) < 4.78 is 0. The molecule has 1 fully saturated rings. The van der Waals surface area contributed by atoms with Crippen molar-refractivity contribution in [3.63, 3.8) is 0 Å². The zero-order chi connectivity index (χ0) is 13.2. The molecule has 0 radical (unpaired) electrons. The van der Waals surface area contributed by atoms with Gasteiger partial charge in [-0.3, -0.25) is 0 Å². The molecule has 0 aliphatic carbocycles. The maximum Gasteiger partial charge on any atom is 0.104 e. The van der Waals surface area contributed by atoms with Gasteiger partial charge >= 0.3 is 0 Å². The third kappa shape index (κ3) is 5.49. The van der Waals surface area contributed by atoms with Crippen LogP contribution >= 0.6 is 0 Å². The van der Waals surface area contributed by atoms with E-state index in [0.29, 0.717) is 24.3 Å². The van der Waals surface area contributed by atoms with Crippen LogP contribution in [0.2, 0.25) is 0 Å². The lowest BCUT2D eigenvalue weighted by Gasteiger charge is -2.15. The Morgan fingerprint density at radius 2 is 1.22 bits per heavy atom. The lowest BCUT2D eigenvalue weighted by atomic mass is 10.0. The molecule has 18 heavy (non-hydrogen) atoms. The van der Waals surface area contributed by atoms with E-state index in [-0.39, 0.29) is 0 Å². The van der Waals surface area contributed by atoms with E-state index in [9.17, 15) is 0 Å². The molecule has 0 aromatic carbocycles. The van der Waals surface area contributed by atoms with Crippen molar-refractivity contribution < 1.29 is 10.4 Å². The molecule has 0 bridgehead atoms. The van der Waals surface area contributed by atoms with Gasteiger partial charge in [0.1, 0.15) is 11.4 Å². The van der Waals surface area contributed by atoms with Gasteiger partial charge in [0.2, 0.25) is 0 Å². The van der Waals surface area contributed by atoms with Gasteiger partial charge in [-0.15, -0.1) is 0 Å². The number of hydrogen-bond acceptors (Lipinski definition) is 5. The minimum absolute atomic E-state index is 0.546. The molecule has 0 unspecified atom stereocenters. The van der Waals surface area contributed by atoms with Crippen molar-refractivity contribution in [3.8, 4) is 0 Å². The van der Waals surface area contributed by atoms with E-state index < -0.39 is 0 Å². The van der Waals surface area contributed by atoms with Crippen LogP contribution in [0.5, 0.6) is 0 Å². The first-order chi connectivity index (χ1) is 8.77. The minimum Gasteiger partial charge on any atom is -0.411 e. The first kappa shape index (κ1) is 15.0. The van der Waals surface area contributed by atoms with Crippen molar-refractivity contribution in [3.05, 3.63) is 0 Å². The molecule has 0 aromatic heterocycles. The molecule has 0 aromatic rings. The number of oxime groups is 2. The molecule has 1 heterocycles. The number of rotatable bonds is 0. The standard InChI is InChI=1S/C13H25N3O2/c1-16-10-6-2-4-8-12(14-17)13(15-18)9-5-3-7-11-16/h17-18H,2-11H2,1H3/b14-12+,15-13+. The lowest BCUT2D eigenvalue weighted by Crippen LogP contribution is -2.20. The van der Waals surface area contributed by atoms with Crippen molar-refractivity contribution in [2.45, 2.75) is 51.4 Å². The summed E-state index contributed by atoms with van der Waals surface area (Å²) in [5, 5.41) is 24.5. The first-order valence-electron chi connectivity index (χ1n) is 6.88. The molecule has 1 rings (SSSR count). The summed E-state index contributed by atoms with van der Waals surface area (Å²) in [6.07, 6.45) is 7.91. The number of nitrogens with zero attached hydrogens (tertiary/aromatic N) is 3. The van der Waals surface area contributed by atoms with Crippen LogP contribution in [0.25, 0.3) is 0 Å². The highest BCUT2D eigenvalue weighted by Crippen LogP contribution is 2.10. The molecular formula is C13H25N3O2. The van der Waals surface area contributed by atoms with E-state index in [4.69, 9.17) is 10.4 Å². The Morgan fingerprint density at radius 1 is 0.778 bits per heavy atom. The lowest BCUT2D eigenvalue weighted by molar-refractivity contribution is 0.312. The smallest absolute Gasteiger partial charge is 0.104 e. The fourth-order valence-electron chi connectivity index (χ4n) is 2.32. The average Bonchev–Trinajstić information content (AvgIpc) is 2.40. The molecule has 5 nitrogen and oxygen atoms in total. The van der Waals surface area contributed by atoms with Gasteiger partial charge in [-0.25, -0.2) is 0 Å². The highest BCUT2D eigenvalue weighted by Gasteiger charge is 2.11. The van der Waals surface area contributed by atoms with E-state index in [1.165, 1.54) is 12.8 Å². The van der Waals surface area contributed by atoms with E-state index in [0.717, 1.165) is 38.8 Å². The quantitative estimate of drug-likeness (QED) is 0.516. The first-order valence-corrected chi connectivity index (χ1v) is 6.88. The fourth-order valence-corrected chi connectivity index (χ4v) is 2.32. The summed E-state index contributed by atoms with van der Waals surface area (Å²) in [4.78, 5) is 2.37. The Morgan fingerprint density at radius 3 is 1.61 bits per heavy atom. The zero-order valence-electron chi connectivity index (χ0n) is 11.3. The van der Waals surface area contributed by atoms with Gasteiger partial charge in [-0.2, -0.15) is 0 Å². The average molecular weight is 255 g/mol. The molecule has 1 saturated heterocycles. The second-order valence-corrected chi connectivity index (χ2v) is 5.02. The monoisotopic (exact) mass is 255 g/mol. The third-order valence-corrected chi connectivity index (χ3v) is 3.48. The summed E-state index contributed by atoms with van der Waals surface area (Å²) in [6.45, 7) is 2.26. The molecule has 5 heteroatoms. The third-order valence-electron chi connectivity index (χ3n) is 3.48. The zero-order valence-corrected chi connectivity index (χ0v) is 11.3. The number of hydrogen-bond donors (Lipinski definition) is 2. The van der Waals surface area contributed by atoms with Crippen molar-refractivity contribution in [2.75, 3.05) is 20.1 Å². The summed E-state index contributed by atoms with van der Waals surface area (Å²) in [5.74, 6) is 0. The molecule has 0 atom stereocenters. The van der Waals surface area contributed by atoms with E-state index in [2.05, 4.69) is 22.3 Å². The van der Waals surface area contributed by atoms with Gasteiger partial charge in [0.15, 0.2) is 0 Å². The van der Waals surface area contributed by atoms with Crippen molar-refractivity contribution in [2.24, 2.45) is 10.3 Å². The van der Waals surface area contributed by atoms with Gasteiger partial charge in [0, 0.05) is 0 Å². The molecule has 2 N–H and O–H groups in total. The Hall–Kier alpha value is -1.10. The Kier molecular flexibility index (Phi) is 7.41. The highest BCUT2D eigenvalue weighted by molar-refractivity contribution is 6.42. The molecule has 1 aliphatic rings. The van der Waals surface area contributed by atoms with Crippen LogP contribution in [0.1, 0.15) is 51.4 Å². The summed E-state index contributed by atoms with van der Waals surface area (Å²) in [6, 6.07) is 0. The Bertz CT molecular complexity index is 262. The van der Waals surface area contributed by atoms with E-state index in [1.54, 1.807) is 0 Å². The van der Waals surface area contributed by atoms with Gasteiger partial charge in [-0.05, 0) is 58.7 Å². The van der Waals surface area contributed by atoms with Gasteiger partial charge in [0.25, 0.3) is 0 Å². The second kappa shape index (κ2) is 8.91. The Balaban J connectivity index is 2.55. The maximum absolute atomic E-state index is 8.98. The molecule has 0 saturated carbocycles. The van der Waals surface area contributed by atoms with Crippen molar-refractivity contribution in [1.29, 1.82) is 0 Å². The van der Waals surface area contributed by atoms with E-state index in [1.807, 2.05) is 0 Å². The normalized spacial score (nSPS) is 26.5. The van der Waals surface area contributed by atoms with Crippen LogP contribution < -0.4 is 0 Å². The van der Waals surface area contributed by atoms with Crippen molar-refractivity contribution in [1.82, 2.24) is 4.90 Å². The maximum atomic E-state index is 8.98. The van der Waals surface area contributed by atoms with Crippen LogP contribution in [0.15, 0.2) is 10.3 Å². The van der Waals surface area contributed by atoms with Crippen LogP contribution in [-0.2, 0) is 0 Å². The van der Waals surface area contributed by atoms with Crippen molar-refractivity contribution >= 4 is 11.4 Å². The van der Waals surface area contributed by atoms with Crippen LogP contribution in [-0.4, -0.2) is 46.9 Å². The largest absolute Gasteiger partial charge is 0.411 e. The van der Waals surface area contributed by atoms with Gasteiger partial charge in [-0.1, -0.05) is 23.2 Å².